The van der Waals surface area contributed by atoms with Crippen molar-refractivity contribution in [2.24, 2.45) is 0 Å². The number of hydrogen-bond donors (Lipinski definition) is 1. The third kappa shape index (κ3) is 4.23. The van der Waals surface area contributed by atoms with Gasteiger partial charge in [0, 0.05) is 4.47 Å². The Balaban J connectivity index is 2.22. The first-order valence-corrected chi connectivity index (χ1v) is 7.14. The van der Waals surface area contributed by atoms with Crippen molar-refractivity contribution in [1.29, 1.82) is 0 Å². The van der Waals surface area contributed by atoms with Gasteiger partial charge in [-0.1, -0.05) is 46.3 Å². The largest absolute Gasteiger partial charge is 0.493 e. The lowest BCUT2D eigenvalue weighted by molar-refractivity contribution is -0.136. The molecule has 0 aliphatic rings. The van der Waals surface area contributed by atoms with Crippen LogP contribution in [0.5, 0.6) is 11.5 Å². The zero-order valence-corrected chi connectivity index (χ0v) is 13.1. The SMILES string of the molecule is COc1cc(Br)c(CC(=O)O)cc1OCc1ccccc1. The fourth-order valence-electron chi connectivity index (χ4n) is 1.88. The van der Waals surface area contributed by atoms with E-state index in [2.05, 4.69) is 15.9 Å². The molecule has 0 bridgehead atoms. The van der Waals surface area contributed by atoms with Crippen LogP contribution in [0.3, 0.4) is 0 Å². The molecule has 2 rings (SSSR count). The van der Waals surface area contributed by atoms with Crippen molar-refractivity contribution in [2.45, 2.75) is 13.0 Å². The first-order chi connectivity index (χ1) is 10.1. The molecule has 2 aromatic rings. The second-order valence-electron chi connectivity index (χ2n) is 4.44. The predicted molar refractivity (Wildman–Crippen MR) is 82.8 cm³/mol. The van der Waals surface area contributed by atoms with Gasteiger partial charge in [-0.3, -0.25) is 4.79 Å². The Morgan fingerprint density at radius 3 is 2.52 bits per heavy atom. The normalized spacial score (nSPS) is 10.2. The van der Waals surface area contributed by atoms with E-state index >= 15 is 0 Å². The van der Waals surface area contributed by atoms with Gasteiger partial charge in [0.25, 0.3) is 0 Å². The molecule has 2 aromatic carbocycles. The Kier molecular flexibility index (Phi) is 5.22. The monoisotopic (exact) mass is 350 g/mol. The lowest BCUT2D eigenvalue weighted by Gasteiger charge is -2.13. The molecular formula is C16H15BrO4. The van der Waals surface area contributed by atoms with E-state index in [4.69, 9.17) is 14.6 Å². The fraction of sp³-hybridized carbons (Fsp3) is 0.188. The van der Waals surface area contributed by atoms with Gasteiger partial charge in [-0.05, 0) is 23.3 Å². The quantitative estimate of drug-likeness (QED) is 0.863. The maximum absolute atomic E-state index is 10.9. The molecule has 1 N–H and O–H groups in total. The summed E-state index contributed by atoms with van der Waals surface area (Å²) in [7, 11) is 1.55. The molecule has 0 heterocycles. The molecule has 0 aliphatic carbocycles. The highest BCUT2D eigenvalue weighted by atomic mass is 79.9. The van der Waals surface area contributed by atoms with E-state index in [-0.39, 0.29) is 6.42 Å². The maximum Gasteiger partial charge on any atom is 0.307 e. The molecule has 0 radical (unpaired) electrons. The number of carbonyl (C=O) groups is 1. The van der Waals surface area contributed by atoms with Gasteiger partial charge in [-0.15, -0.1) is 0 Å². The van der Waals surface area contributed by atoms with E-state index in [1.807, 2.05) is 30.3 Å². The number of rotatable bonds is 6. The van der Waals surface area contributed by atoms with Crippen molar-refractivity contribution in [3.63, 3.8) is 0 Å². The molecule has 4 nitrogen and oxygen atoms in total. The van der Waals surface area contributed by atoms with Crippen LogP contribution in [-0.4, -0.2) is 18.2 Å². The number of halogens is 1. The summed E-state index contributed by atoms with van der Waals surface area (Å²) in [4.78, 5) is 10.9. The van der Waals surface area contributed by atoms with Gasteiger partial charge in [-0.25, -0.2) is 0 Å². The van der Waals surface area contributed by atoms with Crippen LogP contribution in [0.15, 0.2) is 46.9 Å². The number of carboxylic acid groups (broad SMARTS) is 1. The third-order valence-electron chi connectivity index (χ3n) is 2.91. The van der Waals surface area contributed by atoms with E-state index in [0.717, 1.165) is 5.56 Å². The van der Waals surface area contributed by atoms with Crippen molar-refractivity contribution >= 4 is 21.9 Å². The molecule has 21 heavy (non-hydrogen) atoms. The molecule has 5 heteroatoms. The van der Waals surface area contributed by atoms with E-state index in [1.54, 1.807) is 19.2 Å². The number of carboxylic acids is 1. The van der Waals surface area contributed by atoms with Crippen LogP contribution in [0.4, 0.5) is 0 Å². The lowest BCUT2D eigenvalue weighted by atomic mass is 10.1. The number of aliphatic carboxylic acids is 1. The average Bonchev–Trinajstić information content (AvgIpc) is 2.48. The molecule has 0 aliphatic heterocycles. The minimum atomic E-state index is -0.894. The first kappa shape index (κ1) is 15.4. The Bertz CT molecular complexity index is 626. The minimum Gasteiger partial charge on any atom is -0.493 e. The Morgan fingerprint density at radius 2 is 1.90 bits per heavy atom. The smallest absolute Gasteiger partial charge is 0.307 e. The maximum atomic E-state index is 10.9. The highest BCUT2D eigenvalue weighted by Gasteiger charge is 2.12. The Hall–Kier alpha value is -2.01. The van der Waals surface area contributed by atoms with Crippen LogP contribution in [0.25, 0.3) is 0 Å². The zero-order valence-electron chi connectivity index (χ0n) is 11.5. The standard InChI is InChI=1S/C16H15BrO4/c1-20-14-9-13(17)12(8-16(18)19)7-15(14)21-10-11-5-3-2-4-6-11/h2-7,9H,8,10H2,1H3,(H,18,19). The Labute approximate surface area is 131 Å². The second kappa shape index (κ2) is 7.13. The average molecular weight is 351 g/mol. The van der Waals surface area contributed by atoms with Gasteiger partial charge in [0.15, 0.2) is 11.5 Å². The van der Waals surface area contributed by atoms with Gasteiger partial charge in [0.2, 0.25) is 0 Å². The van der Waals surface area contributed by atoms with E-state index in [0.29, 0.717) is 28.1 Å². The summed E-state index contributed by atoms with van der Waals surface area (Å²) in [6.07, 6.45) is -0.0771. The van der Waals surface area contributed by atoms with Crippen molar-refractivity contribution in [3.05, 3.63) is 58.1 Å². The summed E-state index contributed by atoms with van der Waals surface area (Å²) >= 11 is 3.35. The molecule has 0 unspecified atom stereocenters. The lowest BCUT2D eigenvalue weighted by Crippen LogP contribution is -2.03. The fourth-order valence-corrected chi connectivity index (χ4v) is 2.35. The van der Waals surface area contributed by atoms with Crippen LogP contribution < -0.4 is 9.47 Å². The molecule has 0 saturated carbocycles. The minimum absolute atomic E-state index is 0.0771. The van der Waals surface area contributed by atoms with Crippen LogP contribution >= 0.6 is 15.9 Å². The van der Waals surface area contributed by atoms with E-state index in [1.165, 1.54) is 0 Å². The summed E-state index contributed by atoms with van der Waals surface area (Å²) in [5, 5.41) is 8.92. The molecule has 0 fully saturated rings. The molecular weight excluding hydrogens is 336 g/mol. The van der Waals surface area contributed by atoms with Crippen LogP contribution in [0.1, 0.15) is 11.1 Å². The van der Waals surface area contributed by atoms with Gasteiger partial charge in [0.1, 0.15) is 6.61 Å². The number of ether oxygens (including phenoxy) is 2. The van der Waals surface area contributed by atoms with Crippen molar-refractivity contribution < 1.29 is 19.4 Å². The van der Waals surface area contributed by atoms with Gasteiger partial charge in [-0.2, -0.15) is 0 Å². The van der Waals surface area contributed by atoms with E-state index < -0.39 is 5.97 Å². The molecule has 0 aromatic heterocycles. The van der Waals surface area contributed by atoms with Gasteiger partial charge in [0.05, 0.1) is 13.5 Å². The summed E-state index contributed by atoms with van der Waals surface area (Å²) in [5.74, 6) is 0.197. The summed E-state index contributed by atoms with van der Waals surface area (Å²) in [6, 6.07) is 13.2. The topological polar surface area (TPSA) is 55.8 Å². The van der Waals surface area contributed by atoms with Crippen molar-refractivity contribution in [3.8, 4) is 11.5 Å². The predicted octanol–water partition coefficient (Wildman–Crippen LogP) is 3.66. The van der Waals surface area contributed by atoms with Crippen LogP contribution in [-0.2, 0) is 17.8 Å². The molecule has 0 saturated heterocycles. The van der Waals surface area contributed by atoms with Gasteiger partial charge < -0.3 is 14.6 Å². The summed E-state index contributed by atoms with van der Waals surface area (Å²) in [6.45, 7) is 0.394. The molecule has 0 atom stereocenters. The van der Waals surface area contributed by atoms with Gasteiger partial charge >= 0.3 is 5.97 Å². The number of benzene rings is 2. The van der Waals surface area contributed by atoms with Crippen molar-refractivity contribution in [2.75, 3.05) is 7.11 Å². The van der Waals surface area contributed by atoms with Crippen LogP contribution in [0.2, 0.25) is 0 Å². The zero-order chi connectivity index (χ0) is 15.2. The highest BCUT2D eigenvalue weighted by molar-refractivity contribution is 9.10. The third-order valence-corrected chi connectivity index (χ3v) is 3.65. The highest BCUT2D eigenvalue weighted by Crippen LogP contribution is 2.34. The summed E-state index contributed by atoms with van der Waals surface area (Å²) in [5.41, 5.74) is 1.67. The molecule has 110 valence electrons. The summed E-state index contributed by atoms with van der Waals surface area (Å²) < 4.78 is 11.7. The molecule has 0 spiro atoms. The number of methoxy groups -OCH3 is 1. The Morgan fingerprint density at radius 1 is 1.19 bits per heavy atom. The number of hydrogen-bond acceptors (Lipinski definition) is 3. The second-order valence-corrected chi connectivity index (χ2v) is 5.29. The van der Waals surface area contributed by atoms with Crippen molar-refractivity contribution in [1.82, 2.24) is 0 Å². The van der Waals surface area contributed by atoms with E-state index in [9.17, 15) is 4.79 Å². The van der Waals surface area contributed by atoms with Crippen LogP contribution in [0, 0.1) is 0 Å². The first-order valence-electron chi connectivity index (χ1n) is 6.35. The molecule has 0 amide bonds.